The third-order valence-electron chi connectivity index (χ3n) is 4.46. The number of nitrogens with one attached hydrogen (secondary N) is 2. The molecule has 1 atom stereocenters. The van der Waals surface area contributed by atoms with E-state index in [-0.39, 0.29) is 52.6 Å². The van der Waals surface area contributed by atoms with Crippen LogP contribution >= 0.6 is 36.2 Å². The summed E-state index contributed by atoms with van der Waals surface area (Å²) in [5.74, 6) is -3.13. The van der Waals surface area contributed by atoms with Gasteiger partial charge < -0.3 is 21.3 Å². The highest BCUT2D eigenvalue weighted by atomic mass is 35.5. The molecule has 0 fully saturated rings. The van der Waals surface area contributed by atoms with Gasteiger partial charge in [0, 0.05) is 23.8 Å². The van der Waals surface area contributed by atoms with Crippen molar-refractivity contribution >= 4 is 64.5 Å². The van der Waals surface area contributed by atoms with E-state index in [4.69, 9.17) is 5.73 Å². The molecule has 0 saturated heterocycles. The number of likely N-dealkylation sites (N-methyl/N-ethyl adjacent to an activating group) is 1. The predicted octanol–water partition coefficient (Wildman–Crippen LogP) is 4.50. The molecule has 4 N–H and O–H groups in total. The quantitative estimate of drug-likeness (QED) is 0.370. The number of hydrogen-bond acceptors (Lipinski definition) is 7. The van der Waals surface area contributed by atoms with E-state index < -0.39 is 23.0 Å². The maximum atomic E-state index is 13.9. The molecule has 1 amide bonds. The molecule has 12 heteroatoms. The van der Waals surface area contributed by atoms with Crippen LogP contribution in [0.5, 0.6) is 0 Å². The van der Waals surface area contributed by atoms with Crippen molar-refractivity contribution in [3.63, 3.8) is 0 Å². The number of nitrogens with zero attached hydrogens (tertiary/aromatic N) is 2. The van der Waals surface area contributed by atoms with E-state index in [2.05, 4.69) is 15.6 Å². The van der Waals surface area contributed by atoms with Gasteiger partial charge in [0.05, 0.1) is 5.56 Å². The lowest BCUT2D eigenvalue weighted by Crippen LogP contribution is -2.39. The molecule has 0 radical (unpaired) electrons. The number of benzene rings is 2. The Morgan fingerprint density at radius 2 is 1.68 bits per heavy atom. The van der Waals surface area contributed by atoms with E-state index >= 15 is 0 Å². The molecule has 1 aromatic heterocycles. The fourth-order valence-electron chi connectivity index (χ4n) is 3.11. The summed E-state index contributed by atoms with van der Waals surface area (Å²) in [6.45, 7) is 2.64. The highest BCUT2D eigenvalue weighted by Gasteiger charge is 2.24. The molecule has 3 rings (SSSR count). The number of carbonyl (C=O) groups is 2. The van der Waals surface area contributed by atoms with Crippen LogP contribution in [0.2, 0.25) is 0 Å². The van der Waals surface area contributed by atoms with Crippen molar-refractivity contribution in [3.8, 4) is 0 Å². The number of amides is 1. The molecule has 1 heterocycles. The summed E-state index contributed by atoms with van der Waals surface area (Å²) >= 11 is 0.885. The van der Waals surface area contributed by atoms with Crippen LogP contribution in [0.1, 0.15) is 32.5 Å². The standard InChI is InChI=1S/C22H23F2N5O2S.2ClH/c1-12(11-29(2)3)26-21(31)13-7-9-14(10-8-13)27-22-28-20(25)19(32-22)18(30)17-15(23)5-4-6-16(17)24;;/h4-10,12H,11,25H2,1-3H3,(H,26,31)(H,27,28);2*1H/t12-;;/m1../s1. The van der Waals surface area contributed by atoms with Crippen LogP contribution in [0.4, 0.5) is 25.4 Å². The lowest BCUT2D eigenvalue weighted by molar-refractivity contribution is 0.0933. The third kappa shape index (κ3) is 7.10. The Morgan fingerprint density at radius 1 is 1.09 bits per heavy atom. The van der Waals surface area contributed by atoms with E-state index in [0.29, 0.717) is 17.8 Å². The van der Waals surface area contributed by atoms with Gasteiger partial charge in [-0.3, -0.25) is 9.59 Å². The first kappa shape index (κ1) is 29.2. The highest BCUT2D eigenvalue weighted by molar-refractivity contribution is 7.18. The molecule has 184 valence electrons. The summed E-state index contributed by atoms with van der Waals surface area (Å²) in [6, 6.07) is 9.84. The van der Waals surface area contributed by atoms with Crippen molar-refractivity contribution in [3.05, 3.63) is 70.1 Å². The van der Waals surface area contributed by atoms with Crippen molar-refractivity contribution in [1.82, 2.24) is 15.2 Å². The zero-order chi connectivity index (χ0) is 23.4. The molecule has 0 aliphatic rings. The Labute approximate surface area is 212 Å². The maximum absolute atomic E-state index is 13.9. The van der Waals surface area contributed by atoms with E-state index in [0.717, 1.165) is 23.5 Å². The maximum Gasteiger partial charge on any atom is 0.251 e. The second-order valence-electron chi connectivity index (χ2n) is 7.50. The van der Waals surface area contributed by atoms with Gasteiger partial charge in [-0.2, -0.15) is 0 Å². The smallest absolute Gasteiger partial charge is 0.251 e. The molecule has 2 aromatic carbocycles. The van der Waals surface area contributed by atoms with Crippen molar-refractivity contribution in [2.75, 3.05) is 31.7 Å². The molecule has 0 aliphatic carbocycles. The molecule has 0 bridgehead atoms. The molecule has 7 nitrogen and oxygen atoms in total. The predicted molar refractivity (Wildman–Crippen MR) is 136 cm³/mol. The Hall–Kier alpha value is -2.79. The van der Waals surface area contributed by atoms with Gasteiger partial charge in [-0.05, 0) is 57.4 Å². The van der Waals surface area contributed by atoms with Crippen LogP contribution < -0.4 is 16.4 Å². The monoisotopic (exact) mass is 531 g/mol. The second-order valence-corrected chi connectivity index (χ2v) is 8.50. The van der Waals surface area contributed by atoms with Crippen molar-refractivity contribution in [1.29, 1.82) is 0 Å². The Morgan fingerprint density at radius 3 is 2.24 bits per heavy atom. The van der Waals surface area contributed by atoms with Crippen LogP contribution in [0.15, 0.2) is 42.5 Å². The second kappa shape index (κ2) is 12.6. The van der Waals surface area contributed by atoms with Crippen LogP contribution in [-0.2, 0) is 0 Å². The Bertz CT molecular complexity index is 1120. The lowest BCUT2D eigenvalue weighted by Gasteiger charge is -2.18. The number of rotatable bonds is 8. The topological polar surface area (TPSA) is 100 Å². The molecular formula is C22H25Cl2F2N5O2S. The van der Waals surface area contributed by atoms with Crippen LogP contribution in [0.3, 0.4) is 0 Å². The molecular weight excluding hydrogens is 507 g/mol. The Kier molecular flexibility index (Phi) is 10.8. The van der Waals surface area contributed by atoms with Gasteiger partial charge >= 0.3 is 0 Å². The summed E-state index contributed by atoms with van der Waals surface area (Å²) in [6.07, 6.45) is 0. The average Bonchev–Trinajstić information content (AvgIpc) is 3.07. The number of nitrogen functional groups attached to an aromatic ring is 1. The van der Waals surface area contributed by atoms with E-state index in [1.54, 1.807) is 24.3 Å². The summed E-state index contributed by atoms with van der Waals surface area (Å²) in [5, 5.41) is 6.18. The number of hydrogen-bond donors (Lipinski definition) is 3. The first-order valence-corrected chi connectivity index (χ1v) is 10.5. The molecule has 0 saturated carbocycles. The first-order chi connectivity index (χ1) is 15.2. The van der Waals surface area contributed by atoms with Gasteiger partial charge in [0.25, 0.3) is 5.91 Å². The Balaban J connectivity index is 0.00000289. The van der Waals surface area contributed by atoms with Gasteiger partial charge in [-0.15, -0.1) is 24.8 Å². The van der Waals surface area contributed by atoms with Gasteiger partial charge in [0.1, 0.15) is 22.3 Å². The zero-order valence-corrected chi connectivity index (χ0v) is 21.0. The van der Waals surface area contributed by atoms with Gasteiger partial charge in [0.2, 0.25) is 5.78 Å². The number of halogens is 4. The lowest BCUT2D eigenvalue weighted by atomic mass is 10.1. The number of thiazole rings is 1. The summed E-state index contributed by atoms with van der Waals surface area (Å²) in [4.78, 5) is 30.9. The van der Waals surface area contributed by atoms with E-state index in [1.807, 2.05) is 25.9 Å². The molecule has 3 aromatic rings. The average molecular weight is 532 g/mol. The van der Waals surface area contributed by atoms with E-state index in [9.17, 15) is 18.4 Å². The molecule has 34 heavy (non-hydrogen) atoms. The van der Waals surface area contributed by atoms with Crippen molar-refractivity contribution in [2.45, 2.75) is 13.0 Å². The minimum Gasteiger partial charge on any atom is -0.382 e. The number of ketones is 1. The summed E-state index contributed by atoms with van der Waals surface area (Å²) in [7, 11) is 3.86. The number of nitrogens with two attached hydrogens (primary N) is 1. The van der Waals surface area contributed by atoms with Gasteiger partial charge in [-0.1, -0.05) is 17.4 Å². The SMILES string of the molecule is C[C@H](CN(C)C)NC(=O)c1ccc(Nc2nc(N)c(C(=O)c3c(F)cccc3F)s2)cc1.Cl.Cl. The number of aromatic nitrogens is 1. The minimum atomic E-state index is -0.967. The van der Waals surface area contributed by atoms with E-state index in [1.165, 1.54) is 6.07 Å². The first-order valence-electron chi connectivity index (χ1n) is 9.73. The largest absolute Gasteiger partial charge is 0.382 e. The number of carbonyl (C=O) groups excluding carboxylic acids is 2. The van der Waals surface area contributed by atoms with Crippen LogP contribution in [0, 0.1) is 11.6 Å². The normalized spacial score (nSPS) is 11.2. The molecule has 0 unspecified atom stereocenters. The molecule has 0 aliphatic heterocycles. The number of anilines is 3. The van der Waals surface area contributed by atoms with Gasteiger partial charge in [-0.25, -0.2) is 13.8 Å². The fourth-order valence-corrected chi connectivity index (χ4v) is 3.96. The van der Waals surface area contributed by atoms with Crippen LogP contribution in [0.25, 0.3) is 0 Å². The minimum absolute atomic E-state index is 0. The van der Waals surface area contributed by atoms with Crippen molar-refractivity contribution < 1.29 is 18.4 Å². The van der Waals surface area contributed by atoms with Gasteiger partial charge in [0.15, 0.2) is 5.13 Å². The molecule has 0 spiro atoms. The third-order valence-corrected chi connectivity index (χ3v) is 5.45. The fraction of sp³-hybridized carbons (Fsp3) is 0.227. The van der Waals surface area contributed by atoms with Crippen LogP contribution in [-0.4, -0.2) is 48.3 Å². The summed E-state index contributed by atoms with van der Waals surface area (Å²) < 4.78 is 27.9. The zero-order valence-electron chi connectivity index (χ0n) is 18.6. The highest BCUT2D eigenvalue weighted by Crippen LogP contribution is 2.31. The van der Waals surface area contributed by atoms with Crippen molar-refractivity contribution in [2.24, 2.45) is 0 Å². The summed E-state index contributed by atoms with van der Waals surface area (Å²) in [5.41, 5.74) is 6.24.